The fraction of sp³-hybridized carbons (Fsp3) is 0.0204. The van der Waals surface area contributed by atoms with Crippen LogP contribution in [0.1, 0.15) is 22.3 Å². The molecule has 0 saturated carbocycles. The van der Waals surface area contributed by atoms with Crippen LogP contribution in [0.5, 0.6) is 0 Å². The quantitative estimate of drug-likeness (QED) is 0.182. The Labute approximate surface area is 318 Å². The van der Waals surface area contributed by atoms with Gasteiger partial charge >= 0.3 is 0 Å². The van der Waals surface area contributed by atoms with E-state index in [2.05, 4.69) is 119 Å². The van der Waals surface area contributed by atoms with Gasteiger partial charge in [0.1, 0.15) is 0 Å². The van der Waals surface area contributed by atoms with Gasteiger partial charge < -0.3 is 0 Å². The maximum atomic E-state index is 4.91. The number of hydrogen-bond acceptors (Lipinski definition) is 6. The Balaban J connectivity index is 1.19. The minimum absolute atomic E-state index is 0.666. The second-order valence-corrected chi connectivity index (χ2v) is 14.0. The van der Waals surface area contributed by atoms with Crippen molar-refractivity contribution in [1.29, 1.82) is 0 Å². The third kappa shape index (κ3) is 4.75. The molecule has 4 heterocycles. The van der Waals surface area contributed by atoms with Crippen molar-refractivity contribution in [2.75, 3.05) is 0 Å². The highest BCUT2D eigenvalue weighted by Gasteiger charge is 2.50. The van der Waals surface area contributed by atoms with Crippen LogP contribution >= 0.6 is 0 Å². The predicted molar refractivity (Wildman–Crippen MR) is 217 cm³/mol. The molecule has 11 rings (SSSR count). The van der Waals surface area contributed by atoms with Crippen molar-refractivity contribution in [2.24, 2.45) is 0 Å². The molecule has 0 radical (unpaired) electrons. The van der Waals surface area contributed by atoms with Gasteiger partial charge in [-0.3, -0.25) is 9.97 Å². The Morgan fingerprint density at radius 1 is 0.291 bits per heavy atom. The van der Waals surface area contributed by atoms with Gasteiger partial charge in [-0.2, -0.15) is 0 Å². The molecule has 1 spiro atoms. The van der Waals surface area contributed by atoms with Crippen molar-refractivity contribution in [3.05, 3.63) is 205 Å². The molecule has 6 heteroatoms. The first kappa shape index (κ1) is 31.1. The number of aromatic nitrogens is 6. The van der Waals surface area contributed by atoms with Crippen molar-refractivity contribution in [3.8, 4) is 78.4 Å². The summed E-state index contributed by atoms with van der Waals surface area (Å²) in [4.78, 5) is 28.2. The molecule has 2 aliphatic rings. The van der Waals surface area contributed by atoms with Crippen LogP contribution in [0.4, 0.5) is 0 Å². The number of rotatable bonds is 4. The fourth-order valence-electron chi connectivity index (χ4n) is 8.69. The zero-order valence-corrected chi connectivity index (χ0v) is 29.5. The molecule has 6 nitrogen and oxygen atoms in total. The van der Waals surface area contributed by atoms with E-state index in [1.807, 2.05) is 61.4 Å². The molecule has 5 aromatic carbocycles. The summed E-state index contributed by atoms with van der Waals surface area (Å²) in [5, 5.41) is 0. The van der Waals surface area contributed by atoms with E-state index in [1.165, 1.54) is 55.6 Å². The Morgan fingerprint density at radius 2 is 0.691 bits per heavy atom. The maximum Gasteiger partial charge on any atom is 0.159 e. The smallest absolute Gasteiger partial charge is 0.159 e. The molecule has 0 atom stereocenters. The summed E-state index contributed by atoms with van der Waals surface area (Å²) in [5.41, 5.74) is 17.0. The zero-order chi connectivity index (χ0) is 36.3. The van der Waals surface area contributed by atoms with Crippen LogP contribution in [0.25, 0.3) is 78.4 Å². The Morgan fingerprint density at radius 3 is 1.11 bits per heavy atom. The molecule has 256 valence electrons. The van der Waals surface area contributed by atoms with Crippen molar-refractivity contribution in [2.45, 2.75) is 5.41 Å². The highest BCUT2D eigenvalue weighted by atomic mass is 14.9. The van der Waals surface area contributed by atoms with E-state index < -0.39 is 5.41 Å². The van der Waals surface area contributed by atoms with Crippen molar-refractivity contribution >= 4 is 0 Å². The summed E-state index contributed by atoms with van der Waals surface area (Å²) in [6, 6.07) is 47.9. The highest BCUT2D eigenvalue weighted by Crippen LogP contribution is 2.62. The molecule has 9 aromatic rings. The molecule has 0 amide bonds. The van der Waals surface area contributed by atoms with Crippen LogP contribution in [0.15, 0.2) is 183 Å². The van der Waals surface area contributed by atoms with Crippen molar-refractivity contribution < 1.29 is 0 Å². The molecule has 4 aromatic heterocycles. The van der Waals surface area contributed by atoms with E-state index in [-0.39, 0.29) is 0 Å². The van der Waals surface area contributed by atoms with Crippen molar-refractivity contribution in [1.82, 2.24) is 29.9 Å². The molecule has 0 fully saturated rings. The van der Waals surface area contributed by atoms with Gasteiger partial charge in [0, 0.05) is 83.0 Å². The SMILES string of the molecule is c1cncc(-c2cnc(-c3ccc4c(c3)C3(c5cc(-c6ncc(-c7cccnc7)cn6)ccc5-c5ccccc5-4)c4ccccc4-c4ccccc43)nc2)c1. The summed E-state index contributed by atoms with van der Waals surface area (Å²) in [6.45, 7) is 0. The van der Waals surface area contributed by atoms with Crippen LogP contribution in [0, 0.1) is 0 Å². The van der Waals surface area contributed by atoms with E-state index in [9.17, 15) is 0 Å². The summed E-state index contributed by atoms with van der Waals surface area (Å²) < 4.78 is 0. The first-order valence-electron chi connectivity index (χ1n) is 18.3. The number of nitrogens with zero attached hydrogens (tertiary/aromatic N) is 6. The number of benzene rings is 5. The standard InChI is InChI=1S/C49H30N6/c1-2-12-38-37(11-1)41-19-17-31(47-52-27-35(28-53-47)33-9-7-21-50-25-33)23-45(41)49(43-15-5-3-13-39(43)40-14-4-6-16-44(40)49)46-24-32(18-20-42(38)46)48-54-29-36(30-55-48)34-10-8-22-51-26-34/h1-30H. The number of pyridine rings is 2. The van der Waals surface area contributed by atoms with Gasteiger partial charge in [-0.05, 0) is 79.9 Å². The van der Waals surface area contributed by atoms with E-state index in [4.69, 9.17) is 19.9 Å². The lowest BCUT2D eigenvalue weighted by atomic mass is 9.65. The van der Waals surface area contributed by atoms with Crippen molar-refractivity contribution in [3.63, 3.8) is 0 Å². The minimum Gasteiger partial charge on any atom is -0.264 e. The average Bonchev–Trinajstić information content (AvgIpc) is 3.52. The van der Waals surface area contributed by atoms with Gasteiger partial charge in [0.05, 0.1) is 5.41 Å². The number of hydrogen-bond donors (Lipinski definition) is 0. The molecule has 0 unspecified atom stereocenters. The predicted octanol–water partition coefficient (Wildman–Crippen LogP) is 10.7. The van der Waals surface area contributed by atoms with E-state index in [0.29, 0.717) is 11.6 Å². The summed E-state index contributed by atoms with van der Waals surface area (Å²) in [7, 11) is 0. The molecular formula is C49H30N6. The highest BCUT2D eigenvalue weighted by molar-refractivity contribution is 5.98. The fourth-order valence-corrected chi connectivity index (χ4v) is 8.69. The molecule has 0 saturated heterocycles. The third-order valence-corrected chi connectivity index (χ3v) is 11.1. The summed E-state index contributed by atoms with van der Waals surface area (Å²) in [6.07, 6.45) is 14.8. The summed E-state index contributed by atoms with van der Waals surface area (Å²) in [5.74, 6) is 1.33. The van der Waals surface area contributed by atoms with Crippen LogP contribution in [-0.2, 0) is 5.41 Å². The lowest BCUT2D eigenvalue weighted by Crippen LogP contribution is -2.29. The third-order valence-electron chi connectivity index (χ3n) is 11.1. The second kappa shape index (κ2) is 12.3. The Bertz CT molecular complexity index is 2710. The van der Waals surface area contributed by atoms with Crippen LogP contribution < -0.4 is 0 Å². The average molecular weight is 703 g/mol. The van der Waals surface area contributed by atoms with Crippen LogP contribution in [0.2, 0.25) is 0 Å². The molecule has 2 aliphatic carbocycles. The van der Waals surface area contributed by atoms with E-state index in [1.54, 1.807) is 12.4 Å². The van der Waals surface area contributed by atoms with Gasteiger partial charge in [0.2, 0.25) is 0 Å². The van der Waals surface area contributed by atoms with Gasteiger partial charge in [-0.15, -0.1) is 0 Å². The number of fused-ring (bicyclic) bond motifs is 12. The maximum absolute atomic E-state index is 4.91. The molecule has 0 bridgehead atoms. The van der Waals surface area contributed by atoms with Crippen LogP contribution in [0.3, 0.4) is 0 Å². The summed E-state index contributed by atoms with van der Waals surface area (Å²) >= 11 is 0. The largest absolute Gasteiger partial charge is 0.264 e. The molecule has 55 heavy (non-hydrogen) atoms. The first-order chi connectivity index (χ1) is 27.3. The van der Waals surface area contributed by atoms with Crippen LogP contribution in [-0.4, -0.2) is 29.9 Å². The van der Waals surface area contributed by atoms with Gasteiger partial charge in [0.25, 0.3) is 0 Å². The topological polar surface area (TPSA) is 77.3 Å². The molecule has 0 N–H and O–H groups in total. The van der Waals surface area contributed by atoms with E-state index in [0.717, 1.165) is 33.4 Å². The zero-order valence-electron chi connectivity index (χ0n) is 29.5. The van der Waals surface area contributed by atoms with Gasteiger partial charge in [-0.25, -0.2) is 19.9 Å². The lowest BCUT2D eigenvalue weighted by Gasteiger charge is -2.36. The Hall–Kier alpha value is -7.44. The monoisotopic (exact) mass is 702 g/mol. The first-order valence-corrected chi connectivity index (χ1v) is 18.3. The van der Waals surface area contributed by atoms with Gasteiger partial charge in [-0.1, -0.05) is 109 Å². The minimum atomic E-state index is -0.686. The Kier molecular flexibility index (Phi) is 6.97. The lowest BCUT2D eigenvalue weighted by molar-refractivity contribution is 0.775. The molecule has 0 aliphatic heterocycles. The molecular weight excluding hydrogens is 673 g/mol. The normalized spacial score (nSPS) is 12.9. The van der Waals surface area contributed by atoms with Gasteiger partial charge in [0.15, 0.2) is 11.6 Å². The van der Waals surface area contributed by atoms with E-state index >= 15 is 0 Å². The second-order valence-electron chi connectivity index (χ2n) is 14.0.